The third-order valence-electron chi connectivity index (χ3n) is 5.25. The molecular formula is C19H38N4O. The molecule has 140 valence electrons. The Hall–Kier alpha value is -0.810. The molecule has 0 aromatic rings. The van der Waals surface area contributed by atoms with Crippen LogP contribution < -0.4 is 5.32 Å². The summed E-state index contributed by atoms with van der Waals surface area (Å²) in [5.74, 6) is 1.90. The van der Waals surface area contributed by atoms with Gasteiger partial charge < -0.3 is 19.9 Å². The first-order chi connectivity index (χ1) is 11.8. The second-order valence-corrected chi connectivity index (χ2v) is 7.26. The topological polar surface area (TPSA) is 40.1 Å². The fourth-order valence-electron chi connectivity index (χ4n) is 3.63. The van der Waals surface area contributed by atoms with Crippen LogP contribution in [0.25, 0.3) is 0 Å². The van der Waals surface area contributed by atoms with Crippen LogP contribution in [0.3, 0.4) is 0 Å². The van der Waals surface area contributed by atoms with E-state index in [0.29, 0.717) is 0 Å². The van der Waals surface area contributed by atoms with Crippen LogP contribution in [0, 0.1) is 5.92 Å². The third-order valence-corrected chi connectivity index (χ3v) is 5.25. The average Bonchev–Trinajstić information content (AvgIpc) is 3.13. The van der Waals surface area contributed by atoms with Crippen LogP contribution >= 0.6 is 0 Å². The lowest BCUT2D eigenvalue weighted by Gasteiger charge is -2.26. The first-order valence-corrected chi connectivity index (χ1v) is 10.1. The standard InChI is InChI=1S/C19H38N4O/c1-3-20-19(21-11-4-5-12-23-13-6-7-14-23)22(2)15-8-18-9-16-24-17-10-18/h18H,3-17H2,1-2H3,(H,20,21). The molecule has 0 aromatic heterocycles. The van der Waals surface area contributed by atoms with Crippen LogP contribution in [0.4, 0.5) is 0 Å². The molecule has 0 aromatic carbocycles. The van der Waals surface area contributed by atoms with Crippen molar-refractivity contribution in [2.75, 3.05) is 59.5 Å². The van der Waals surface area contributed by atoms with E-state index < -0.39 is 0 Å². The van der Waals surface area contributed by atoms with Crippen LogP contribution in [0.5, 0.6) is 0 Å². The molecule has 0 bridgehead atoms. The van der Waals surface area contributed by atoms with Gasteiger partial charge in [0.2, 0.25) is 0 Å². The van der Waals surface area contributed by atoms with E-state index >= 15 is 0 Å². The maximum atomic E-state index is 5.45. The lowest BCUT2D eigenvalue weighted by Crippen LogP contribution is -2.40. The minimum Gasteiger partial charge on any atom is -0.381 e. The van der Waals surface area contributed by atoms with E-state index in [1.54, 1.807) is 0 Å². The van der Waals surface area contributed by atoms with Crippen molar-refractivity contribution in [3.05, 3.63) is 0 Å². The summed E-state index contributed by atoms with van der Waals surface area (Å²) in [6.07, 6.45) is 8.93. The number of unbranched alkanes of at least 4 members (excludes halogenated alkanes) is 1. The number of aliphatic imine (C=N–C) groups is 1. The highest BCUT2D eigenvalue weighted by Gasteiger charge is 2.15. The molecule has 2 heterocycles. The quantitative estimate of drug-likeness (QED) is 0.398. The lowest BCUT2D eigenvalue weighted by molar-refractivity contribution is 0.0625. The van der Waals surface area contributed by atoms with Gasteiger partial charge in [0.05, 0.1) is 0 Å². The second kappa shape index (κ2) is 11.7. The van der Waals surface area contributed by atoms with Gasteiger partial charge >= 0.3 is 0 Å². The Labute approximate surface area is 148 Å². The van der Waals surface area contributed by atoms with Crippen molar-refractivity contribution in [2.45, 2.75) is 51.9 Å². The molecule has 2 rings (SSSR count). The van der Waals surface area contributed by atoms with E-state index in [1.165, 1.54) is 64.6 Å². The van der Waals surface area contributed by atoms with Gasteiger partial charge in [0.25, 0.3) is 0 Å². The molecule has 1 N–H and O–H groups in total. The van der Waals surface area contributed by atoms with E-state index in [1.807, 2.05) is 0 Å². The van der Waals surface area contributed by atoms with E-state index in [2.05, 4.69) is 29.1 Å². The zero-order valence-corrected chi connectivity index (χ0v) is 15.9. The number of rotatable bonds is 9. The number of ether oxygens (including phenoxy) is 1. The summed E-state index contributed by atoms with van der Waals surface area (Å²) in [4.78, 5) is 9.73. The summed E-state index contributed by atoms with van der Waals surface area (Å²) in [7, 11) is 2.17. The minimum atomic E-state index is 0.824. The van der Waals surface area contributed by atoms with Crippen molar-refractivity contribution in [1.29, 1.82) is 0 Å². The highest BCUT2D eigenvalue weighted by atomic mass is 16.5. The van der Waals surface area contributed by atoms with Gasteiger partial charge in [-0.15, -0.1) is 0 Å². The van der Waals surface area contributed by atoms with Gasteiger partial charge in [0.15, 0.2) is 5.96 Å². The third kappa shape index (κ3) is 7.39. The number of guanidine groups is 1. The normalized spacial score (nSPS) is 20.5. The van der Waals surface area contributed by atoms with E-state index in [4.69, 9.17) is 9.73 Å². The van der Waals surface area contributed by atoms with Crippen molar-refractivity contribution in [3.63, 3.8) is 0 Å². The fourth-order valence-corrected chi connectivity index (χ4v) is 3.63. The molecule has 0 atom stereocenters. The van der Waals surface area contributed by atoms with Crippen LogP contribution in [0.15, 0.2) is 4.99 Å². The van der Waals surface area contributed by atoms with Crippen LogP contribution in [-0.4, -0.2) is 75.3 Å². The zero-order chi connectivity index (χ0) is 17.0. The number of hydrogen-bond acceptors (Lipinski definition) is 3. The predicted octanol–water partition coefficient (Wildman–Crippen LogP) is 2.58. The Bertz CT molecular complexity index is 349. The Morgan fingerprint density at radius 3 is 2.67 bits per heavy atom. The molecule has 2 aliphatic rings. The van der Waals surface area contributed by atoms with Gasteiger partial charge in [-0.05, 0) is 77.4 Å². The van der Waals surface area contributed by atoms with Gasteiger partial charge in [0, 0.05) is 39.9 Å². The largest absolute Gasteiger partial charge is 0.381 e. The maximum absolute atomic E-state index is 5.45. The van der Waals surface area contributed by atoms with Crippen molar-refractivity contribution in [1.82, 2.24) is 15.1 Å². The summed E-state index contributed by atoms with van der Waals surface area (Å²) in [6, 6.07) is 0. The van der Waals surface area contributed by atoms with Gasteiger partial charge in [-0.25, -0.2) is 0 Å². The summed E-state index contributed by atoms with van der Waals surface area (Å²) in [5, 5.41) is 3.44. The molecule has 2 aliphatic heterocycles. The number of nitrogens with one attached hydrogen (secondary N) is 1. The molecule has 24 heavy (non-hydrogen) atoms. The number of likely N-dealkylation sites (tertiary alicyclic amines) is 1. The molecule has 0 amide bonds. The highest BCUT2D eigenvalue weighted by molar-refractivity contribution is 5.79. The summed E-state index contributed by atoms with van der Waals surface area (Å²) in [6.45, 7) is 10.9. The summed E-state index contributed by atoms with van der Waals surface area (Å²) in [5.41, 5.74) is 0. The van der Waals surface area contributed by atoms with Crippen molar-refractivity contribution in [2.24, 2.45) is 10.9 Å². The summed E-state index contributed by atoms with van der Waals surface area (Å²) >= 11 is 0. The van der Waals surface area contributed by atoms with E-state index in [0.717, 1.165) is 44.7 Å². The number of hydrogen-bond donors (Lipinski definition) is 1. The maximum Gasteiger partial charge on any atom is 0.193 e. The molecule has 0 unspecified atom stereocenters. The molecule has 0 radical (unpaired) electrons. The Balaban J connectivity index is 1.63. The van der Waals surface area contributed by atoms with Crippen LogP contribution in [0.2, 0.25) is 0 Å². The molecular weight excluding hydrogens is 300 g/mol. The molecule has 0 saturated carbocycles. The Kier molecular flexibility index (Phi) is 9.51. The molecule has 2 fully saturated rings. The number of nitrogens with zero attached hydrogens (tertiary/aromatic N) is 3. The van der Waals surface area contributed by atoms with Crippen LogP contribution in [-0.2, 0) is 4.74 Å². The summed E-state index contributed by atoms with van der Waals surface area (Å²) < 4.78 is 5.45. The van der Waals surface area contributed by atoms with Crippen LogP contribution in [0.1, 0.15) is 51.9 Å². The van der Waals surface area contributed by atoms with Gasteiger partial charge in [-0.1, -0.05) is 0 Å². The Morgan fingerprint density at radius 1 is 1.21 bits per heavy atom. The van der Waals surface area contributed by atoms with E-state index in [-0.39, 0.29) is 0 Å². The molecule has 2 saturated heterocycles. The Morgan fingerprint density at radius 2 is 1.96 bits per heavy atom. The predicted molar refractivity (Wildman–Crippen MR) is 102 cm³/mol. The minimum absolute atomic E-state index is 0.824. The van der Waals surface area contributed by atoms with Crippen molar-refractivity contribution in [3.8, 4) is 0 Å². The monoisotopic (exact) mass is 338 g/mol. The van der Waals surface area contributed by atoms with Gasteiger partial charge in [-0.2, -0.15) is 0 Å². The first kappa shape index (κ1) is 19.5. The SMILES string of the molecule is CCNC(=NCCCCN1CCCC1)N(C)CCC1CCOCC1. The molecule has 5 nitrogen and oxygen atoms in total. The second-order valence-electron chi connectivity index (χ2n) is 7.26. The van der Waals surface area contributed by atoms with E-state index in [9.17, 15) is 0 Å². The average molecular weight is 339 g/mol. The smallest absolute Gasteiger partial charge is 0.193 e. The molecule has 0 spiro atoms. The lowest BCUT2D eigenvalue weighted by atomic mass is 9.96. The molecule has 0 aliphatic carbocycles. The highest BCUT2D eigenvalue weighted by Crippen LogP contribution is 2.18. The van der Waals surface area contributed by atoms with Gasteiger partial charge in [-0.3, -0.25) is 4.99 Å². The fraction of sp³-hybridized carbons (Fsp3) is 0.947. The first-order valence-electron chi connectivity index (χ1n) is 10.1. The zero-order valence-electron chi connectivity index (χ0n) is 15.9. The van der Waals surface area contributed by atoms with Crippen molar-refractivity contribution >= 4 is 5.96 Å². The molecule has 5 heteroatoms. The van der Waals surface area contributed by atoms with Crippen molar-refractivity contribution < 1.29 is 4.74 Å². The van der Waals surface area contributed by atoms with Gasteiger partial charge in [0.1, 0.15) is 0 Å².